The van der Waals surface area contributed by atoms with Crippen LogP contribution in [0.2, 0.25) is 0 Å². The number of nitrogens with zero attached hydrogens (tertiary/aromatic N) is 5. The van der Waals surface area contributed by atoms with Crippen molar-refractivity contribution in [2.75, 3.05) is 4.90 Å². The predicted octanol–water partition coefficient (Wildman–Crippen LogP) is 13.0. The lowest BCUT2D eigenvalue weighted by Crippen LogP contribution is -2.77. The summed E-state index contributed by atoms with van der Waals surface area (Å²) in [6, 6.07) is 61.4. The number of para-hydroxylation sites is 4. The number of anilines is 3. The Labute approximate surface area is 392 Å². The van der Waals surface area contributed by atoms with Gasteiger partial charge in [0.15, 0.2) is 8.07 Å². The van der Waals surface area contributed by atoms with Crippen molar-refractivity contribution >= 4 is 45.9 Å². The molecule has 0 fully saturated rings. The summed E-state index contributed by atoms with van der Waals surface area (Å²) >= 11 is 0. The van der Waals surface area contributed by atoms with Gasteiger partial charge in [0.2, 0.25) is 0 Å². The molecule has 0 aliphatic carbocycles. The van der Waals surface area contributed by atoms with Crippen molar-refractivity contribution in [3.05, 3.63) is 211 Å². The first kappa shape index (κ1) is 42.9. The Morgan fingerprint density at radius 2 is 0.848 bits per heavy atom. The van der Waals surface area contributed by atoms with E-state index in [1.807, 2.05) is 12.4 Å². The topological polar surface area (TPSA) is 38.9 Å². The molecule has 0 radical (unpaired) electrons. The third-order valence-electron chi connectivity index (χ3n) is 13.7. The molecule has 0 saturated heterocycles. The summed E-state index contributed by atoms with van der Waals surface area (Å²) in [5.41, 5.74) is 13.5. The van der Waals surface area contributed by atoms with Crippen molar-refractivity contribution in [1.29, 1.82) is 0 Å². The van der Waals surface area contributed by atoms with E-state index in [9.17, 15) is 0 Å². The van der Waals surface area contributed by atoms with Crippen molar-refractivity contribution in [3.63, 3.8) is 0 Å². The molecule has 0 spiro atoms. The van der Waals surface area contributed by atoms with E-state index >= 15 is 0 Å². The van der Waals surface area contributed by atoms with Crippen LogP contribution in [0.4, 0.5) is 17.1 Å². The van der Waals surface area contributed by atoms with E-state index in [1.165, 1.54) is 65.8 Å². The van der Waals surface area contributed by atoms with Gasteiger partial charge in [0.1, 0.15) is 11.6 Å². The van der Waals surface area contributed by atoms with Crippen LogP contribution in [0.15, 0.2) is 189 Å². The van der Waals surface area contributed by atoms with Crippen molar-refractivity contribution in [3.8, 4) is 34.2 Å². The fraction of sp³-hybridized carbons (Fsp3) is 0.200. The van der Waals surface area contributed by atoms with E-state index in [4.69, 9.17) is 9.97 Å². The minimum atomic E-state index is -3.16. The number of benzene rings is 7. The van der Waals surface area contributed by atoms with Crippen LogP contribution in [-0.4, -0.2) is 27.2 Å². The molecule has 1 aliphatic rings. The van der Waals surface area contributed by atoms with Gasteiger partial charge in [0.25, 0.3) is 0 Å². The van der Waals surface area contributed by atoms with Gasteiger partial charge in [0, 0.05) is 53.0 Å². The molecule has 10 rings (SSSR count). The van der Waals surface area contributed by atoms with Crippen LogP contribution in [0.3, 0.4) is 0 Å². The summed E-state index contributed by atoms with van der Waals surface area (Å²) in [4.78, 5) is 12.9. The molecule has 6 heteroatoms. The summed E-state index contributed by atoms with van der Waals surface area (Å²) in [6.07, 6.45) is 8.24. The summed E-state index contributed by atoms with van der Waals surface area (Å²) < 4.78 is 4.70. The van der Waals surface area contributed by atoms with Gasteiger partial charge in [0.05, 0.1) is 11.4 Å². The van der Waals surface area contributed by atoms with Crippen molar-refractivity contribution in [2.45, 2.75) is 79.1 Å². The Morgan fingerprint density at radius 1 is 0.394 bits per heavy atom. The van der Waals surface area contributed by atoms with Crippen LogP contribution >= 0.6 is 0 Å². The number of aromatic nitrogens is 4. The van der Waals surface area contributed by atoms with E-state index in [0.29, 0.717) is 23.7 Å². The number of rotatable bonds is 11. The first-order valence-corrected chi connectivity index (χ1v) is 25.7. The van der Waals surface area contributed by atoms with Crippen molar-refractivity contribution < 1.29 is 0 Å². The molecule has 0 amide bonds. The lowest BCUT2D eigenvalue weighted by atomic mass is 9.92. The second kappa shape index (κ2) is 17.4. The summed E-state index contributed by atoms with van der Waals surface area (Å²) in [6.45, 7) is 18.3. The molecular weight excluding hydrogens is 819 g/mol. The minimum Gasteiger partial charge on any atom is -0.311 e. The highest BCUT2D eigenvalue weighted by Gasteiger charge is 2.49. The fourth-order valence-corrected chi connectivity index (χ4v) is 15.8. The Balaban J connectivity index is 1.27. The molecule has 3 heterocycles. The lowest BCUT2D eigenvalue weighted by Gasteiger charge is -2.45. The standard InChI is InChI=1S/C60H59N5Si/c1-40(2)49-26-18-27-50(41(3)4)57(49)63-36-34-61-59(63)44-20-17-25-48(38-44)66(47-23-13-10-14-24-47)55-31-16-15-30-53(55)65(46-21-11-9-12-22-46)54-33-32-45(39-56(54)66)60-62-35-37-64(60)58-51(42(5)6)28-19-29-52(58)43(7)8/h9-43H,1-8H3. The summed E-state index contributed by atoms with van der Waals surface area (Å²) in [5.74, 6) is 3.25. The zero-order valence-electron chi connectivity index (χ0n) is 39.4. The molecule has 2 aromatic heterocycles. The maximum absolute atomic E-state index is 5.21. The molecule has 1 atom stereocenters. The Hall–Kier alpha value is -7.02. The maximum atomic E-state index is 5.21. The Bertz CT molecular complexity index is 3120. The molecule has 7 aromatic carbocycles. The summed E-state index contributed by atoms with van der Waals surface area (Å²) in [7, 11) is -3.16. The molecule has 66 heavy (non-hydrogen) atoms. The smallest absolute Gasteiger partial charge is 0.184 e. The number of hydrogen-bond acceptors (Lipinski definition) is 3. The van der Waals surface area contributed by atoms with Gasteiger partial charge in [-0.3, -0.25) is 9.13 Å². The average molecular weight is 878 g/mol. The quantitative estimate of drug-likeness (QED) is 0.122. The maximum Gasteiger partial charge on any atom is 0.184 e. The Morgan fingerprint density at radius 3 is 1.39 bits per heavy atom. The van der Waals surface area contributed by atoms with Crippen LogP contribution in [0.5, 0.6) is 0 Å². The first-order chi connectivity index (χ1) is 32.1. The molecule has 5 nitrogen and oxygen atoms in total. The zero-order valence-corrected chi connectivity index (χ0v) is 40.4. The van der Waals surface area contributed by atoms with Gasteiger partial charge in [-0.15, -0.1) is 0 Å². The molecular formula is C60H59N5Si. The van der Waals surface area contributed by atoms with Crippen LogP contribution in [0.1, 0.15) is 101 Å². The number of imidazole rings is 2. The van der Waals surface area contributed by atoms with Crippen LogP contribution in [-0.2, 0) is 0 Å². The second-order valence-electron chi connectivity index (χ2n) is 19.0. The third kappa shape index (κ3) is 7.06. The van der Waals surface area contributed by atoms with E-state index < -0.39 is 8.07 Å². The third-order valence-corrected chi connectivity index (χ3v) is 18.5. The SMILES string of the molecule is CC(C)c1cccc(C(C)C)c1-n1ccnc1-c1cccc([Si]2(c3ccccc3)c3ccccc3N(c3ccccc3)c3ccc(-c4nccn4-c4c(C(C)C)cccc4C(C)C)cc32)c1. The van der Waals surface area contributed by atoms with Gasteiger partial charge in [-0.05, 0) is 103 Å². The number of fused-ring (bicyclic) bond motifs is 2. The molecule has 1 unspecified atom stereocenters. The van der Waals surface area contributed by atoms with Gasteiger partial charge in [-0.2, -0.15) is 0 Å². The van der Waals surface area contributed by atoms with Gasteiger partial charge in [-0.25, -0.2) is 9.97 Å². The predicted molar refractivity (Wildman–Crippen MR) is 280 cm³/mol. The van der Waals surface area contributed by atoms with E-state index in [2.05, 4.69) is 246 Å². The molecule has 0 N–H and O–H groups in total. The zero-order chi connectivity index (χ0) is 45.7. The van der Waals surface area contributed by atoms with E-state index in [-0.39, 0.29) is 0 Å². The molecule has 328 valence electrons. The largest absolute Gasteiger partial charge is 0.311 e. The highest BCUT2D eigenvalue weighted by molar-refractivity contribution is 7.21. The first-order valence-electron chi connectivity index (χ1n) is 23.7. The minimum absolute atomic E-state index is 0.338. The highest BCUT2D eigenvalue weighted by Crippen LogP contribution is 2.41. The van der Waals surface area contributed by atoms with Gasteiger partial charge < -0.3 is 4.90 Å². The van der Waals surface area contributed by atoms with Gasteiger partial charge in [-0.1, -0.05) is 183 Å². The van der Waals surface area contributed by atoms with Crippen LogP contribution in [0, 0.1) is 0 Å². The van der Waals surface area contributed by atoms with Crippen molar-refractivity contribution in [2.24, 2.45) is 0 Å². The monoisotopic (exact) mass is 877 g/mol. The Kier molecular flexibility index (Phi) is 11.3. The van der Waals surface area contributed by atoms with E-state index in [0.717, 1.165) is 28.5 Å². The van der Waals surface area contributed by atoms with Crippen molar-refractivity contribution in [1.82, 2.24) is 19.1 Å². The second-order valence-corrected chi connectivity index (χ2v) is 22.8. The summed E-state index contributed by atoms with van der Waals surface area (Å²) in [5, 5.41) is 5.29. The highest BCUT2D eigenvalue weighted by atomic mass is 28.3. The van der Waals surface area contributed by atoms with Crippen LogP contribution in [0.25, 0.3) is 34.2 Å². The fourth-order valence-electron chi connectivity index (χ4n) is 10.6. The molecule has 0 saturated carbocycles. The van der Waals surface area contributed by atoms with Gasteiger partial charge >= 0.3 is 0 Å². The number of hydrogen-bond donors (Lipinski definition) is 0. The normalized spacial score (nSPS) is 14.6. The average Bonchev–Trinajstić information content (AvgIpc) is 4.04. The molecule has 1 aliphatic heterocycles. The van der Waals surface area contributed by atoms with Crippen LogP contribution < -0.4 is 25.6 Å². The van der Waals surface area contributed by atoms with E-state index in [1.54, 1.807) is 0 Å². The lowest BCUT2D eigenvalue weighted by molar-refractivity contribution is 0.806. The molecule has 0 bridgehead atoms. The molecule has 9 aromatic rings.